The molecule has 0 aliphatic rings. The molecular weight excluding hydrogens is 156 g/mol. The van der Waals surface area contributed by atoms with Gasteiger partial charge in [0.15, 0.2) is 0 Å². The van der Waals surface area contributed by atoms with Crippen LogP contribution in [0.5, 0.6) is 0 Å². The topological polar surface area (TPSA) is 0 Å². The van der Waals surface area contributed by atoms with Crippen LogP contribution in [-0.2, 0) is 6.42 Å². The maximum atomic E-state index is 2.30. The molecule has 13 heavy (non-hydrogen) atoms. The van der Waals surface area contributed by atoms with Gasteiger partial charge in [0, 0.05) is 0 Å². The maximum absolute atomic E-state index is 2.30. The van der Waals surface area contributed by atoms with Crippen LogP contribution >= 0.6 is 0 Å². The first-order valence-corrected chi connectivity index (χ1v) is 4.37. The monoisotopic (exact) mass is 180 g/mol. The Hall–Kier alpha value is -0.780. The summed E-state index contributed by atoms with van der Waals surface area (Å²) in [5.41, 5.74) is 1.46. The highest BCUT2D eigenvalue weighted by Crippen LogP contribution is 2.10. The minimum Gasteiger partial charge on any atom is -0.0776 e. The van der Waals surface area contributed by atoms with Crippen molar-refractivity contribution < 1.29 is 0 Å². The second kappa shape index (κ2) is 7.85. The molecule has 76 valence electrons. The van der Waals surface area contributed by atoms with E-state index in [4.69, 9.17) is 0 Å². The molecular formula is C13H24. The predicted octanol–water partition coefficient (Wildman–Crippen LogP) is 4.55. The minimum absolute atomic E-state index is 0. The Kier molecular flexibility index (Phi) is 8.89. The van der Waals surface area contributed by atoms with Crippen LogP contribution in [0, 0.1) is 5.92 Å². The van der Waals surface area contributed by atoms with Crippen molar-refractivity contribution in [1.29, 1.82) is 0 Å². The lowest BCUT2D eigenvalue weighted by atomic mass is 9.99. The van der Waals surface area contributed by atoms with Crippen LogP contribution in [0.15, 0.2) is 30.3 Å². The van der Waals surface area contributed by atoms with Crippen molar-refractivity contribution in [2.45, 2.75) is 41.5 Å². The molecule has 0 saturated carbocycles. The largest absolute Gasteiger partial charge is 0.0776 e. The van der Waals surface area contributed by atoms with Gasteiger partial charge in [-0.15, -0.1) is 0 Å². The van der Waals surface area contributed by atoms with Crippen LogP contribution in [-0.4, -0.2) is 0 Å². The van der Waals surface area contributed by atoms with Crippen LogP contribution in [0.2, 0.25) is 0 Å². The molecule has 0 aliphatic carbocycles. The molecule has 1 unspecified atom stereocenters. The zero-order chi connectivity index (χ0) is 8.10. The Labute approximate surface area is 84.0 Å². The molecule has 0 amide bonds. The SMILES string of the molecule is C.C.CCC(C)Cc1ccccc1. The summed E-state index contributed by atoms with van der Waals surface area (Å²) in [6.45, 7) is 4.54. The quantitative estimate of drug-likeness (QED) is 0.640. The fraction of sp³-hybridized carbons (Fsp3) is 0.538. The van der Waals surface area contributed by atoms with Gasteiger partial charge in [-0.3, -0.25) is 0 Å². The molecule has 1 aromatic carbocycles. The van der Waals surface area contributed by atoms with Crippen LogP contribution in [0.25, 0.3) is 0 Å². The molecule has 0 spiro atoms. The Morgan fingerprint density at radius 3 is 2.08 bits per heavy atom. The van der Waals surface area contributed by atoms with Crippen molar-refractivity contribution in [3.05, 3.63) is 35.9 Å². The van der Waals surface area contributed by atoms with E-state index in [9.17, 15) is 0 Å². The van der Waals surface area contributed by atoms with Gasteiger partial charge < -0.3 is 0 Å². The van der Waals surface area contributed by atoms with E-state index in [0.717, 1.165) is 5.92 Å². The standard InChI is InChI=1S/C11H16.2CH4/c1-3-10(2)9-11-7-5-4-6-8-11;;/h4-8,10H,3,9H2,1-2H3;2*1H4. The third kappa shape index (κ3) is 5.46. The Bertz CT molecular complexity index is 188. The predicted molar refractivity (Wildman–Crippen MR) is 63.1 cm³/mol. The van der Waals surface area contributed by atoms with Gasteiger partial charge in [0.2, 0.25) is 0 Å². The Balaban J connectivity index is 0. The summed E-state index contributed by atoms with van der Waals surface area (Å²) in [7, 11) is 0. The fourth-order valence-corrected chi connectivity index (χ4v) is 1.16. The van der Waals surface area contributed by atoms with Crippen LogP contribution < -0.4 is 0 Å². The van der Waals surface area contributed by atoms with Crippen LogP contribution in [0.1, 0.15) is 40.7 Å². The van der Waals surface area contributed by atoms with E-state index < -0.39 is 0 Å². The summed E-state index contributed by atoms with van der Waals surface area (Å²) >= 11 is 0. The first kappa shape index (κ1) is 14.7. The van der Waals surface area contributed by atoms with E-state index >= 15 is 0 Å². The lowest BCUT2D eigenvalue weighted by molar-refractivity contribution is 0.560. The highest BCUT2D eigenvalue weighted by Gasteiger charge is 1.98. The van der Waals surface area contributed by atoms with E-state index in [1.807, 2.05) is 0 Å². The number of hydrogen-bond donors (Lipinski definition) is 0. The third-order valence-electron chi connectivity index (χ3n) is 2.12. The van der Waals surface area contributed by atoms with Gasteiger partial charge in [-0.05, 0) is 17.9 Å². The van der Waals surface area contributed by atoms with E-state index in [1.165, 1.54) is 18.4 Å². The molecule has 0 heterocycles. The third-order valence-corrected chi connectivity index (χ3v) is 2.12. The normalized spacial score (nSPS) is 10.9. The maximum Gasteiger partial charge on any atom is -0.0253 e. The Morgan fingerprint density at radius 1 is 1.08 bits per heavy atom. The van der Waals surface area contributed by atoms with E-state index in [1.54, 1.807) is 0 Å². The van der Waals surface area contributed by atoms with Gasteiger partial charge in [0.25, 0.3) is 0 Å². The summed E-state index contributed by atoms with van der Waals surface area (Å²) < 4.78 is 0. The van der Waals surface area contributed by atoms with Gasteiger partial charge in [-0.1, -0.05) is 65.5 Å². The van der Waals surface area contributed by atoms with Crippen molar-refractivity contribution in [2.75, 3.05) is 0 Å². The molecule has 1 aromatic rings. The number of benzene rings is 1. The second-order valence-electron chi connectivity index (χ2n) is 3.20. The molecule has 0 saturated heterocycles. The van der Waals surface area contributed by atoms with E-state index in [0.29, 0.717) is 0 Å². The molecule has 0 aromatic heterocycles. The summed E-state index contributed by atoms with van der Waals surface area (Å²) in [5.74, 6) is 0.817. The van der Waals surface area contributed by atoms with Gasteiger partial charge in [-0.2, -0.15) is 0 Å². The molecule has 1 atom stereocenters. The zero-order valence-electron chi connectivity index (χ0n) is 7.38. The first-order chi connectivity index (χ1) is 5.33. The molecule has 0 bridgehead atoms. The number of hydrogen-bond acceptors (Lipinski definition) is 0. The minimum atomic E-state index is 0. The molecule has 0 heteroatoms. The molecule has 1 rings (SSSR count). The summed E-state index contributed by atoms with van der Waals surface area (Å²) in [6, 6.07) is 10.7. The second-order valence-corrected chi connectivity index (χ2v) is 3.20. The van der Waals surface area contributed by atoms with E-state index in [2.05, 4.69) is 44.2 Å². The van der Waals surface area contributed by atoms with Crippen molar-refractivity contribution in [2.24, 2.45) is 5.92 Å². The fourth-order valence-electron chi connectivity index (χ4n) is 1.16. The van der Waals surface area contributed by atoms with Crippen LogP contribution in [0.3, 0.4) is 0 Å². The summed E-state index contributed by atoms with van der Waals surface area (Å²) in [6.07, 6.45) is 2.49. The van der Waals surface area contributed by atoms with Crippen LogP contribution in [0.4, 0.5) is 0 Å². The van der Waals surface area contributed by atoms with E-state index in [-0.39, 0.29) is 14.9 Å². The molecule has 0 fully saturated rings. The average molecular weight is 180 g/mol. The highest BCUT2D eigenvalue weighted by molar-refractivity contribution is 5.14. The van der Waals surface area contributed by atoms with Gasteiger partial charge >= 0.3 is 0 Å². The lowest BCUT2D eigenvalue weighted by Gasteiger charge is -2.06. The lowest BCUT2D eigenvalue weighted by Crippen LogP contribution is -1.96. The zero-order valence-corrected chi connectivity index (χ0v) is 7.38. The summed E-state index contributed by atoms with van der Waals surface area (Å²) in [4.78, 5) is 0. The molecule has 0 aliphatic heterocycles. The van der Waals surface area contributed by atoms with Gasteiger partial charge in [-0.25, -0.2) is 0 Å². The van der Waals surface area contributed by atoms with Crippen molar-refractivity contribution in [3.8, 4) is 0 Å². The first-order valence-electron chi connectivity index (χ1n) is 4.37. The molecule has 0 radical (unpaired) electrons. The van der Waals surface area contributed by atoms with Gasteiger partial charge in [0.05, 0.1) is 0 Å². The van der Waals surface area contributed by atoms with Crippen molar-refractivity contribution in [3.63, 3.8) is 0 Å². The smallest absolute Gasteiger partial charge is 0.0253 e. The van der Waals surface area contributed by atoms with Crippen molar-refractivity contribution in [1.82, 2.24) is 0 Å². The molecule has 0 nitrogen and oxygen atoms in total. The van der Waals surface area contributed by atoms with Gasteiger partial charge in [0.1, 0.15) is 0 Å². The number of rotatable bonds is 3. The Morgan fingerprint density at radius 2 is 1.62 bits per heavy atom. The van der Waals surface area contributed by atoms with Crippen molar-refractivity contribution >= 4 is 0 Å². The molecule has 0 N–H and O–H groups in total. The average Bonchev–Trinajstić information content (AvgIpc) is 2.06. The summed E-state index contributed by atoms with van der Waals surface area (Å²) in [5, 5.41) is 0. The highest BCUT2D eigenvalue weighted by atomic mass is 14.0.